The lowest BCUT2D eigenvalue weighted by atomic mass is 9.95. The van der Waals surface area contributed by atoms with Gasteiger partial charge in [-0.2, -0.15) is 0 Å². The highest BCUT2D eigenvalue weighted by molar-refractivity contribution is 5.96. The van der Waals surface area contributed by atoms with Crippen molar-refractivity contribution in [2.45, 2.75) is 38.1 Å². The normalized spacial score (nSPS) is 14.2. The topological polar surface area (TPSA) is 76.7 Å². The highest BCUT2D eigenvalue weighted by atomic mass is 16.5. The van der Waals surface area contributed by atoms with Crippen molar-refractivity contribution in [1.82, 2.24) is 5.32 Å². The summed E-state index contributed by atoms with van der Waals surface area (Å²) in [4.78, 5) is 24.4. The summed E-state index contributed by atoms with van der Waals surface area (Å²) in [6.07, 6.45) is 5.69. The Bertz CT molecular complexity index is 798. The molecule has 3 rings (SSSR count). The molecule has 148 valence electrons. The summed E-state index contributed by atoms with van der Waals surface area (Å²) in [5.41, 5.74) is 1.21. The number of methoxy groups -OCH3 is 1. The highest BCUT2D eigenvalue weighted by Gasteiger charge is 2.16. The van der Waals surface area contributed by atoms with Crippen LogP contribution in [0, 0.1) is 0 Å². The first-order chi connectivity index (χ1) is 13.7. The molecule has 0 aromatic heterocycles. The first kappa shape index (κ1) is 19.7. The molecule has 1 aliphatic carbocycles. The van der Waals surface area contributed by atoms with Gasteiger partial charge in [-0.3, -0.25) is 9.59 Å². The second-order valence-corrected chi connectivity index (χ2v) is 6.87. The van der Waals surface area contributed by atoms with Crippen LogP contribution in [-0.2, 0) is 4.79 Å². The van der Waals surface area contributed by atoms with Crippen LogP contribution in [0.1, 0.15) is 42.5 Å². The van der Waals surface area contributed by atoms with E-state index in [0.29, 0.717) is 22.7 Å². The molecule has 28 heavy (non-hydrogen) atoms. The first-order valence-electron chi connectivity index (χ1n) is 9.62. The third-order valence-electron chi connectivity index (χ3n) is 4.80. The number of ether oxygens (including phenoxy) is 2. The number of rotatable bonds is 7. The van der Waals surface area contributed by atoms with E-state index < -0.39 is 0 Å². The number of para-hydroxylation sites is 2. The summed E-state index contributed by atoms with van der Waals surface area (Å²) < 4.78 is 10.7. The van der Waals surface area contributed by atoms with Crippen molar-refractivity contribution in [3.05, 3.63) is 54.1 Å². The summed E-state index contributed by atoms with van der Waals surface area (Å²) in [6.45, 7) is -0.135. The van der Waals surface area contributed by atoms with E-state index >= 15 is 0 Å². The van der Waals surface area contributed by atoms with Crippen LogP contribution < -0.4 is 20.1 Å². The number of carbonyl (C=O) groups excluding carboxylic acids is 2. The molecule has 1 saturated carbocycles. The minimum Gasteiger partial charge on any atom is -0.493 e. The smallest absolute Gasteiger partial charge is 0.262 e. The summed E-state index contributed by atoms with van der Waals surface area (Å²) in [5, 5.41) is 5.85. The zero-order valence-corrected chi connectivity index (χ0v) is 16.1. The van der Waals surface area contributed by atoms with Crippen LogP contribution in [0.4, 0.5) is 5.69 Å². The molecule has 2 amide bonds. The predicted molar refractivity (Wildman–Crippen MR) is 108 cm³/mol. The van der Waals surface area contributed by atoms with Crippen molar-refractivity contribution in [3.63, 3.8) is 0 Å². The Labute approximate surface area is 165 Å². The molecule has 1 aliphatic rings. The van der Waals surface area contributed by atoms with Crippen molar-refractivity contribution in [2.75, 3.05) is 19.0 Å². The minimum atomic E-state index is -0.287. The number of carbonyl (C=O) groups is 2. The fourth-order valence-electron chi connectivity index (χ4n) is 3.30. The maximum Gasteiger partial charge on any atom is 0.262 e. The highest BCUT2D eigenvalue weighted by Crippen LogP contribution is 2.25. The molecule has 6 nitrogen and oxygen atoms in total. The van der Waals surface area contributed by atoms with Crippen LogP contribution in [0.5, 0.6) is 11.5 Å². The number of amides is 2. The van der Waals surface area contributed by atoms with Gasteiger partial charge in [0, 0.05) is 17.3 Å². The number of benzene rings is 2. The van der Waals surface area contributed by atoms with E-state index in [9.17, 15) is 9.59 Å². The average molecular weight is 382 g/mol. The van der Waals surface area contributed by atoms with Gasteiger partial charge in [-0.05, 0) is 49.2 Å². The summed E-state index contributed by atoms with van der Waals surface area (Å²) >= 11 is 0. The first-order valence-corrected chi connectivity index (χ1v) is 9.62. The van der Waals surface area contributed by atoms with E-state index in [1.807, 2.05) is 12.1 Å². The molecule has 0 heterocycles. The monoisotopic (exact) mass is 382 g/mol. The van der Waals surface area contributed by atoms with Gasteiger partial charge < -0.3 is 20.1 Å². The second kappa shape index (κ2) is 9.78. The van der Waals surface area contributed by atoms with Crippen LogP contribution in [0.2, 0.25) is 0 Å². The lowest BCUT2D eigenvalue weighted by molar-refractivity contribution is -0.118. The van der Waals surface area contributed by atoms with Crippen molar-refractivity contribution < 1.29 is 19.1 Å². The van der Waals surface area contributed by atoms with Gasteiger partial charge in [0.15, 0.2) is 18.1 Å². The number of anilines is 1. The predicted octanol–water partition coefficient (Wildman–Crippen LogP) is 3.78. The average Bonchev–Trinajstić information content (AvgIpc) is 2.73. The van der Waals surface area contributed by atoms with Gasteiger partial charge in [-0.15, -0.1) is 0 Å². The molecular weight excluding hydrogens is 356 g/mol. The largest absolute Gasteiger partial charge is 0.493 e. The summed E-state index contributed by atoms with van der Waals surface area (Å²) in [7, 11) is 1.55. The molecule has 2 aromatic carbocycles. The Morgan fingerprint density at radius 1 is 0.964 bits per heavy atom. The molecule has 0 spiro atoms. The van der Waals surface area contributed by atoms with Gasteiger partial charge in [0.2, 0.25) is 0 Å². The van der Waals surface area contributed by atoms with E-state index in [1.54, 1.807) is 43.5 Å². The molecule has 6 heteroatoms. The molecule has 0 atom stereocenters. The lowest BCUT2D eigenvalue weighted by Gasteiger charge is -2.22. The molecule has 0 aliphatic heterocycles. The number of hydrogen-bond donors (Lipinski definition) is 2. The maximum absolute atomic E-state index is 12.3. The Kier molecular flexibility index (Phi) is 6.89. The molecule has 0 unspecified atom stereocenters. The maximum atomic E-state index is 12.3. The van der Waals surface area contributed by atoms with E-state index in [-0.39, 0.29) is 24.5 Å². The Balaban J connectivity index is 1.49. The van der Waals surface area contributed by atoms with E-state index in [0.717, 1.165) is 12.8 Å². The Morgan fingerprint density at radius 3 is 2.32 bits per heavy atom. The van der Waals surface area contributed by atoms with Gasteiger partial charge in [0.25, 0.3) is 11.8 Å². The zero-order chi connectivity index (χ0) is 19.8. The molecule has 0 saturated heterocycles. The van der Waals surface area contributed by atoms with Crippen LogP contribution in [0.3, 0.4) is 0 Å². The molecule has 1 fully saturated rings. The second-order valence-electron chi connectivity index (χ2n) is 6.87. The standard InChI is InChI=1S/C22H26N2O4/c1-27-19-9-5-6-10-20(19)28-15-21(25)23-18-13-11-16(12-14-18)22(26)24-17-7-3-2-4-8-17/h5-6,9-14,17H,2-4,7-8,15H2,1H3,(H,23,25)(H,24,26). The zero-order valence-electron chi connectivity index (χ0n) is 16.1. The van der Waals surface area contributed by atoms with Crippen molar-refractivity contribution in [1.29, 1.82) is 0 Å². The van der Waals surface area contributed by atoms with Crippen LogP contribution >= 0.6 is 0 Å². The fraction of sp³-hybridized carbons (Fsp3) is 0.364. The summed E-state index contributed by atoms with van der Waals surface area (Å²) in [6, 6.07) is 14.3. The van der Waals surface area contributed by atoms with Crippen molar-refractivity contribution in [3.8, 4) is 11.5 Å². The number of nitrogens with one attached hydrogen (secondary N) is 2. The fourth-order valence-corrected chi connectivity index (χ4v) is 3.30. The van der Waals surface area contributed by atoms with E-state index in [1.165, 1.54) is 19.3 Å². The van der Waals surface area contributed by atoms with Gasteiger partial charge in [-0.1, -0.05) is 31.4 Å². The molecule has 0 bridgehead atoms. The van der Waals surface area contributed by atoms with Gasteiger partial charge >= 0.3 is 0 Å². The molecule has 0 radical (unpaired) electrons. The van der Waals surface area contributed by atoms with Gasteiger partial charge in [0.1, 0.15) is 0 Å². The summed E-state index contributed by atoms with van der Waals surface area (Å²) in [5.74, 6) is 0.730. The number of hydrogen-bond acceptors (Lipinski definition) is 4. The molecular formula is C22H26N2O4. The quantitative estimate of drug-likeness (QED) is 0.764. The van der Waals surface area contributed by atoms with Crippen molar-refractivity contribution >= 4 is 17.5 Å². The lowest BCUT2D eigenvalue weighted by Crippen LogP contribution is -2.36. The minimum absolute atomic E-state index is 0.0655. The Hall–Kier alpha value is -3.02. The van der Waals surface area contributed by atoms with Crippen LogP contribution in [0.15, 0.2) is 48.5 Å². The molecule has 2 N–H and O–H groups in total. The van der Waals surface area contributed by atoms with Crippen LogP contribution in [-0.4, -0.2) is 31.6 Å². The van der Waals surface area contributed by atoms with Crippen LogP contribution in [0.25, 0.3) is 0 Å². The third-order valence-corrected chi connectivity index (χ3v) is 4.80. The SMILES string of the molecule is COc1ccccc1OCC(=O)Nc1ccc(C(=O)NC2CCCCC2)cc1. The molecule has 2 aromatic rings. The van der Waals surface area contributed by atoms with E-state index in [2.05, 4.69) is 10.6 Å². The van der Waals surface area contributed by atoms with Crippen molar-refractivity contribution in [2.24, 2.45) is 0 Å². The third kappa shape index (κ3) is 5.49. The van der Waals surface area contributed by atoms with Gasteiger partial charge in [0.05, 0.1) is 7.11 Å². The van der Waals surface area contributed by atoms with Gasteiger partial charge in [-0.25, -0.2) is 0 Å². The van der Waals surface area contributed by atoms with E-state index in [4.69, 9.17) is 9.47 Å². The Morgan fingerprint density at radius 2 is 1.64 bits per heavy atom.